The van der Waals surface area contributed by atoms with Gasteiger partial charge in [-0.05, 0) is 31.2 Å². The van der Waals surface area contributed by atoms with Crippen LogP contribution in [0, 0.1) is 5.92 Å². The van der Waals surface area contributed by atoms with Crippen LogP contribution in [-0.2, 0) is 21.2 Å². The topological polar surface area (TPSA) is 57.7 Å². The molecule has 0 aromatic heterocycles. The number of benzene rings is 1. The van der Waals surface area contributed by atoms with Crippen molar-refractivity contribution in [3.05, 3.63) is 35.9 Å². The Morgan fingerprint density at radius 3 is 2.61 bits per heavy atom. The first-order valence-corrected chi connectivity index (χ1v) is 9.74. The number of hydrogen-bond acceptors (Lipinski definition) is 3. The molecule has 2 rings (SSSR count). The van der Waals surface area contributed by atoms with E-state index in [4.69, 9.17) is 0 Å². The first-order valence-electron chi connectivity index (χ1n) is 8.13. The van der Waals surface area contributed by atoms with E-state index in [-0.39, 0.29) is 17.6 Å². The van der Waals surface area contributed by atoms with Gasteiger partial charge in [-0.2, -0.15) is 0 Å². The van der Waals surface area contributed by atoms with E-state index in [0.29, 0.717) is 19.5 Å². The van der Waals surface area contributed by atoms with Crippen LogP contribution < -0.4 is 0 Å². The number of sulfonamides is 1. The number of carbonyl (C=O) groups is 1. The summed E-state index contributed by atoms with van der Waals surface area (Å²) in [5, 5.41) is 0. The fourth-order valence-corrected chi connectivity index (χ4v) is 4.58. The molecule has 0 unspecified atom stereocenters. The summed E-state index contributed by atoms with van der Waals surface area (Å²) in [5.74, 6) is -0.0399. The van der Waals surface area contributed by atoms with E-state index in [2.05, 4.69) is 0 Å². The molecule has 1 heterocycles. The lowest BCUT2D eigenvalue weighted by molar-refractivity contribution is -0.134. The molecule has 5 nitrogen and oxygen atoms in total. The van der Waals surface area contributed by atoms with Crippen molar-refractivity contribution in [2.75, 3.05) is 32.9 Å². The monoisotopic (exact) mass is 338 g/mol. The molecule has 0 bridgehead atoms. The highest BCUT2D eigenvalue weighted by Crippen LogP contribution is 2.21. The molecule has 0 saturated carbocycles. The molecule has 0 N–H and O–H groups in total. The number of amides is 1. The second-order valence-corrected chi connectivity index (χ2v) is 8.42. The van der Waals surface area contributed by atoms with Crippen LogP contribution in [0.4, 0.5) is 0 Å². The molecule has 1 amide bonds. The number of hydrogen-bond donors (Lipinski definition) is 0. The fourth-order valence-electron chi connectivity index (χ4n) is 2.99. The number of nitrogens with zero attached hydrogens (tertiary/aromatic N) is 2. The zero-order valence-electron chi connectivity index (χ0n) is 13.9. The average Bonchev–Trinajstić information content (AvgIpc) is 2.55. The Morgan fingerprint density at radius 1 is 1.26 bits per heavy atom. The van der Waals surface area contributed by atoms with Crippen molar-refractivity contribution in [2.45, 2.75) is 25.7 Å². The summed E-state index contributed by atoms with van der Waals surface area (Å²) in [4.78, 5) is 13.6. The zero-order valence-corrected chi connectivity index (χ0v) is 14.8. The van der Waals surface area contributed by atoms with Crippen molar-refractivity contribution >= 4 is 15.9 Å². The van der Waals surface area contributed by atoms with Gasteiger partial charge in [0.05, 0.1) is 11.7 Å². The Labute approximate surface area is 139 Å². The maximum atomic E-state index is 12.5. The third-order valence-corrected chi connectivity index (χ3v) is 6.20. The zero-order chi connectivity index (χ0) is 16.9. The van der Waals surface area contributed by atoms with Crippen LogP contribution in [-0.4, -0.2) is 56.5 Å². The van der Waals surface area contributed by atoms with E-state index in [1.165, 1.54) is 4.31 Å². The quantitative estimate of drug-likeness (QED) is 0.794. The van der Waals surface area contributed by atoms with Gasteiger partial charge in [0.1, 0.15) is 0 Å². The Hall–Kier alpha value is -1.40. The fraction of sp³-hybridized carbons (Fsp3) is 0.588. The largest absolute Gasteiger partial charge is 0.349 e. The standard InChI is InChI=1S/C17H26N2O3S/c1-18(2)17(20)16-11-6-12-19(14-16)23(21,22)13-7-10-15-8-4-3-5-9-15/h3-5,8-9,16H,6-7,10-14H2,1-2H3/t16-/m0/s1. The SMILES string of the molecule is CN(C)C(=O)[C@H]1CCCN(S(=O)(=O)CCCc2ccccc2)C1. The van der Waals surface area contributed by atoms with Gasteiger partial charge in [-0.3, -0.25) is 4.79 Å². The van der Waals surface area contributed by atoms with Gasteiger partial charge in [-0.15, -0.1) is 0 Å². The minimum atomic E-state index is -3.28. The summed E-state index contributed by atoms with van der Waals surface area (Å²) in [6.45, 7) is 0.857. The highest BCUT2D eigenvalue weighted by Gasteiger charge is 2.32. The molecule has 1 aliphatic rings. The molecule has 1 aromatic rings. The highest BCUT2D eigenvalue weighted by molar-refractivity contribution is 7.89. The van der Waals surface area contributed by atoms with Gasteiger partial charge >= 0.3 is 0 Å². The van der Waals surface area contributed by atoms with Crippen LogP contribution in [0.25, 0.3) is 0 Å². The van der Waals surface area contributed by atoms with E-state index in [1.54, 1.807) is 19.0 Å². The lowest BCUT2D eigenvalue weighted by Gasteiger charge is -2.32. The molecule has 1 saturated heterocycles. The van der Waals surface area contributed by atoms with Gasteiger partial charge in [-0.25, -0.2) is 12.7 Å². The molecule has 1 aromatic carbocycles. The molecule has 6 heteroatoms. The van der Waals surface area contributed by atoms with Crippen LogP contribution >= 0.6 is 0 Å². The lowest BCUT2D eigenvalue weighted by atomic mass is 9.98. The number of piperidine rings is 1. The van der Waals surface area contributed by atoms with E-state index in [9.17, 15) is 13.2 Å². The number of aryl methyl sites for hydroxylation is 1. The van der Waals surface area contributed by atoms with Crippen LogP contribution in [0.1, 0.15) is 24.8 Å². The molecular weight excluding hydrogens is 312 g/mol. The van der Waals surface area contributed by atoms with Gasteiger partial charge in [0.25, 0.3) is 0 Å². The summed E-state index contributed by atoms with van der Waals surface area (Å²) in [6, 6.07) is 9.91. The molecular formula is C17H26N2O3S. The van der Waals surface area contributed by atoms with E-state index in [1.807, 2.05) is 30.3 Å². The summed E-state index contributed by atoms with van der Waals surface area (Å²) in [5.41, 5.74) is 1.15. The Bertz CT molecular complexity index is 614. The summed E-state index contributed by atoms with van der Waals surface area (Å²) < 4.78 is 26.5. The van der Waals surface area contributed by atoms with Crippen LogP contribution in [0.5, 0.6) is 0 Å². The summed E-state index contributed by atoms with van der Waals surface area (Å²) in [7, 11) is 0.153. The van der Waals surface area contributed by atoms with Crippen molar-refractivity contribution in [3.8, 4) is 0 Å². The minimum Gasteiger partial charge on any atom is -0.349 e. The third kappa shape index (κ3) is 5.04. The first-order chi connectivity index (χ1) is 10.9. The van der Waals surface area contributed by atoms with E-state index < -0.39 is 10.0 Å². The molecule has 1 aliphatic heterocycles. The smallest absolute Gasteiger partial charge is 0.226 e. The lowest BCUT2D eigenvalue weighted by Crippen LogP contribution is -2.45. The van der Waals surface area contributed by atoms with Gasteiger partial charge in [0.2, 0.25) is 15.9 Å². The molecule has 0 spiro atoms. The summed E-state index contributed by atoms with van der Waals surface area (Å²) in [6.07, 6.45) is 2.89. The van der Waals surface area contributed by atoms with Gasteiger partial charge in [-0.1, -0.05) is 30.3 Å². The predicted octanol–water partition coefficient (Wildman–Crippen LogP) is 1.75. The number of rotatable bonds is 6. The Kier molecular flexibility index (Phi) is 6.18. The maximum Gasteiger partial charge on any atom is 0.226 e. The predicted molar refractivity (Wildman–Crippen MR) is 91.5 cm³/mol. The summed E-state index contributed by atoms with van der Waals surface area (Å²) >= 11 is 0. The number of carbonyl (C=O) groups excluding carboxylic acids is 1. The van der Waals surface area contributed by atoms with Crippen LogP contribution in [0.15, 0.2) is 30.3 Å². The second-order valence-electron chi connectivity index (χ2n) is 6.33. The first kappa shape index (κ1) is 17.9. The van der Waals surface area contributed by atoms with Gasteiger partial charge < -0.3 is 4.90 Å². The van der Waals surface area contributed by atoms with Crippen molar-refractivity contribution in [3.63, 3.8) is 0 Å². The molecule has 0 radical (unpaired) electrons. The van der Waals surface area contributed by atoms with E-state index >= 15 is 0 Å². The van der Waals surface area contributed by atoms with Crippen LogP contribution in [0.3, 0.4) is 0 Å². The van der Waals surface area contributed by atoms with Gasteiger partial charge in [0, 0.05) is 27.2 Å². The molecule has 1 atom stereocenters. The van der Waals surface area contributed by atoms with Crippen molar-refractivity contribution in [1.29, 1.82) is 0 Å². The molecule has 0 aliphatic carbocycles. The van der Waals surface area contributed by atoms with Crippen LogP contribution in [0.2, 0.25) is 0 Å². The Morgan fingerprint density at radius 2 is 1.96 bits per heavy atom. The normalized spacial score (nSPS) is 19.5. The van der Waals surface area contributed by atoms with Crippen molar-refractivity contribution in [1.82, 2.24) is 9.21 Å². The second kappa shape index (κ2) is 7.93. The Balaban J connectivity index is 1.89. The average molecular weight is 338 g/mol. The molecule has 23 heavy (non-hydrogen) atoms. The van der Waals surface area contributed by atoms with Crippen molar-refractivity contribution in [2.24, 2.45) is 5.92 Å². The molecule has 1 fully saturated rings. The van der Waals surface area contributed by atoms with Crippen molar-refractivity contribution < 1.29 is 13.2 Å². The third-order valence-electron chi connectivity index (χ3n) is 4.28. The molecule has 128 valence electrons. The van der Waals surface area contributed by atoms with E-state index in [0.717, 1.165) is 24.8 Å². The maximum absolute atomic E-state index is 12.5. The minimum absolute atomic E-state index is 0.0224. The van der Waals surface area contributed by atoms with Gasteiger partial charge in [0.15, 0.2) is 0 Å². The highest BCUT2D eigenvalue weighted by atomic mass is 32.2.